The highest BCUT2D eigenvalue weighted by Gasteiger charge is 2.22. The highest BCUT2D eigenvalue weighted by molar-refractivity contribution is 5.22. The smallest absolute Gasteiger partial charge is 0.126 e. The highest BCUT2D eigenvalue weighted by atomic mass is 19.1. The number of benzene rings is 1. The van der Waals surface area contributed by atoms with E-state index in [1.54, 1.807) is 12.1 Å². The zero-order valence-corrected chi connectivity index (χ0v) is 6.50. The molecule has 1 heterocycles. The summed E-state index contributed by atoms with van der Waals surface area (Å²) in [5.74, 6) is 0.287. The van der Waals surface area contributed by atoms with E-state index in [-0.39, 0.29) is 11.9 Å². The molecule has 0 saturated carbocycles. The summed E-state index contributed by atoms with van der Waals surface area (Å²) in [6.45, 7) is 1.28. The third-order valence-electron chi connectivity index (χ3n) is 1.63. The molecule has 2 rings (SSSR count). The average molecular weight is 168 g/mol. The van der Waals surface area contributed by atoms with Crippen LogP contribution in [0.4, 0.5) is 4.39 Å². The number of rotatable bonds is 3. The lowest BCUT2D eigenvalue weighted by molar-refractivity contribution is 0.262. The summed E-state index contributed by atoms with van der Waals surface area (Å²) in [7, 11) is 0. The number of hydrogen-bond acceptors (Lipinski definition) is 2. The van der Waals surface area contributed by atoms with Crippen LogP contribution < -0.4 is 4.74 Å². The number of hydrogen-bond donors (Lipinski definition) is 0. The summed E-state index contributed by atoms with van der Waals surface area (Å²) in [4.78, 5) is 0. The fourth-order valence-corrected chi connectivity index (χ4v) is 0.910. The second kappa shape index (κ2) is 3.11. The maximum atomic E-state index is 12.6. The first-order chi connectivity index (χ1) is 5.84. The molecule has 3 heteroatoms. The van der Waals surface area contributed by atoms with E-state index in [2.05, 4.69) is 0 Å². The Hall–Kier alpha value is -1.09. The van der Waals surface area contributed by atoms with Crippen molar-refractivity contribution in [3.63, 3.8) is 0 Å². The van der Waals surface area contributed by atoms with Crippen LogP contribution in [0.1, 0.15) is 0 Å². The molecule has 64 valence electrons. The maximum absolute atomic E-state index is 12.6. The van der Waals surface area contributed by atoms with Gasteiger partial charge in [-0.05, 0) is 12.1 Å². The number of halogens is 1. The van der Waals surface area contributed by atoms with Gasteiger partial charge in [-0.25, -0.2) is 4.39 Å². The minimum absolute atomic E-state index is 0.216. The van der Waals surface area contributed by atoms with Crippen molar-refractivity contribution in [1.82, 2.24) is 0 Å². The van der Waals surface area contributed by atoms with Gasteiger partial charge in [0.2, 0.25) is 0 Å². The SMILES string of the molecule is Fc1cccc(OC[C@H]2CO2)c1. The summed E-state index contributed by atoms with van der Waals surface area (Å²) in [6, 6.07) is 6.10. The van der Waals surface area contributed by atoms with Crippen molar-refractivity contribution in [2.75, 3.05) is 13.2 Å². The van der Waals surface area contributed by atoms with Gasteiger partial charge < -0.3 is 9.47 Å². The van der Waals surface area contributed by atoms with Gasteiger partial charge in [-0.15, -0.1) is 0 Å². The van der Waals surface area contributed by atoms with Crippen LogP contribution in [0, 0.1) is 5.82 Å². The standard InChI is InChI=1S/C9H9FO2/c10-7-2-1-3-8(4-7)11-5-9-6-12-9/h1-4,9H,5-6H2/t9-/m0/s1. The molecule has 0 bridgehead atoms. The Kier molecular flexibility index (Phi) is 1.96. The lowest BCUT2D eigenvalue weighted by Gasteiger charge is -2.02. The minimum atomic E-state index is -0.274. The summed E-state index contributed by atoms with van der Waals surface area (Å²) < 4.78 is 22.8. The van der Waals surface area contributed by atoms with E-state index in [1.165, 1.54) is 12.1 Å². The van der Waals surface area contributed by atoms with E-state index in [4.69, 9.17) is 9.47 Å². The largest absolute Gasteiger partial charge is 0.491 e. The normalized spacial score (nSPS) is 20.6. The minimum Gasteiger partial charge on any atom is -0.491 e. The summed E-state index contributed by atoms with van der Waals surface area (Å²) in [6.07, 6.45) is 0.216. The Morgan fingerprint density at radius 3 is 3.08 bits per heavy atom. The molecular formula is C9H9FO2. The second-order valence-corrected chi connectivity index (χ2v) is 2.72. The molecular weight excluding hydrogens is 159 g/mol. The van der Waals surface area contributed by atoms with Gasteiger partial charge in [0.15, 0.2) is 0 Å². The quantitative estimate of drug-likeness (QED) is 0.639. The molecule has 0 amide bonds. The summed E-state index contributed by atoms with van der Waals surface area (Å²) in [5.41, 5.74) is 0. The van der Waals surface area contributed by atoms with Crippen LogP contribution >= 0.6 is 0 Å². The summed E-state index contributed by atoms with van der Waals surface area (Å²) >= 11 is 0. The first-order valence-electron chi connectivity index (χ1n) is 3.84. The van der Waals surface area contributed by atoms with Gasteiger partial charge in [-0.2, -0.15) is 0 Å². The third-order valence-corrected chi connectivity index (χ3v) is 1.63. The summed E-state index contributed by atoms with van der Waals surface area (Å²) in [5, 5.41) is 0. The molecule has 0 radical (unpaired) electrons. The van der Waals surface area contributed by atoms with Crippen LogP contribution in [0.3, 0.4) is 0 Å². The maximum Gasteiger partial charge on any atom is 0.126 e. The van der Waals surface area contributed by atoms with Crippen LogP contribution in [-0.2, 0) is 4.74 Å². The van der Waals surface area contributed by atoms with Crippen molar-refractivity contribution >= 4 is 0 Å². The topological polar surface area (TPSA) is 21.8 Å². The Morgan fingerprint density at radius 1 is 1.58 bits per heavy atom. The Morgan fingerprint density at radius 2 is 2.42 bits per heavy atom. The van der Waals surface area contributed by atoms with Gasteiger partial charge in [0, 0.05) is 6.07 Å². The zero-order valence-electron chi connectivity index (χ0n) is 6.50. The zero-order chi connectivity index (χ0) is 8.39. The van der Waals surface area contributed by atoms with E-state index in [1.807, 2.05) is 0 Å². The van der Waals surface area contributed by atoms with Crippen molar-refractivity contribution in [2.24, 2.45) is 0 Å². The van der Waals surface area contributed by atoms with E-state index in [9.17, 15) is 4.39 Å². The van der Waals surface area contributed by atoms with Crippen molar-refractivity contribution in [2.45, 2.75) is 6.10 Å². The Bertz CT molecular complexity index is 271. The van der Waals surface area contributed by atoms with Crippen LogP contribution in [-0.4, -0.2) is 19.3 Å². The van der Waals surface area contributed by atoms with Crippen molar-refractivity contribution in [3.05, 3.63) is 30.1 Å². The predicted octanol–water partition coefficient (Wildman–Crippen LogP) is 1.60. The van der Waals surface area contributed by atoms with Crippen molar-refractivity contribution in [3.8, 4) is 5.75 Å². The Labute approximate surface area is 69.9 Å². The molecule has 1 aliphatic rings. The molecule has 1 aromatic carbocycles. The molecule has 0 unspecified atom stereocenters. The van der Waals surface area contributed by atoms with Crippen LogP contribution in [0.2, 0.25) is 0 Å². The van der Waals surface area contributed by atoms with Gasteiger partial charge in [0.05, 0.1) is 6.61 Å². The molecule has 1 saturated heterocycles. The first kappa shape index (κ1) is 7.55. The van der Waals surface area contributed by atoms with E-state index < -0.39 is 0 Å². The van der Waals surface area contributed by atoms with Gasteiger partial charge in [-0.1, -0.05) is 6.07 Å². The first-order valence-corrected chi connectivity index (χ1v) is 3.84. The molecule has 12 heavy (non-hydrogen) atoms. The van der Waals surface area contributed by atoms with Gasteiger partial charge in [0.1, 0.15) is 24.3 Å². The molecule has 2 nitrogen and oxygen atoms in total. The Balaban J connectivity index is 1.92. The van der Waals surface area contributed by atoms with Crippen LogP contribution in [0.25, 0.3) is 0 Å². The van der Waals surface area contributed by atoms with E-state index >= 15 is 0 Å². The molecule has 1 aliphatic heterocycles. The fourth-order valence-electron chi connectivity index (χ4n) is 0.910. The van der Waals surface area contributed by atoms with Gasteiger partial charge in [0.25, 0.3) is 0 Å². The number of epoxide rings is 1. The molecule has 0 aliphatic carbocycles. The van der Waals surface area contributed by atoms with Crippen molar-refractivity contribution < 1.29 is 13.9 Å². The molecule has 1 aromatic rings. The molecule has 1 atom stereocenters. The van der Waals surface area contributed by atoms with Crippen LogP contribution in [0.5, 0.6) is 5.75 Å². The monoisotopic (exact) mass is 168 g/mol. The van der Waals surface area contributed by atoms with Crippen LogP contribution in [0.15, 0.2) is 24.3 Å². The third kappa shape index (κ3) is 1.95. The molecule has 0 aromatic heterocycles. The lowest BCUT2D eigenvalue weighted by Crippen LogP contribution is -2.03. The van der Waals surface area contributed by atoms with Gasteiger partial charge in [-0.3, -0.25) is 0 Å². The fraction of sp³-hybridized carbons (Fsp3) is 0.333. The average Bonchev–Trinajstić information content (AvgIpc) is 2.84. The number of ether oxygens (including phenoxy) is 2. The highest BCUT2D eigenvalue weighted by Crippen LogP contribution is 2.15. The van der Waals surface area contributed by atoms with Gasteiger partial charge >= 0.3 is 0 Å². The molecule has 0 N–H and O–H groups in total. The predicted molar refractivity (Wildman–Crippen MR) is 41.6 cm³/mol. The van der Waals surface area contributed by atoms with E-state index in [0.29, 0.717) is 12.4 Å². The molecule has 0 spiro atoms. The van der Waals surface area contributed by atoms with E-state index in [0.717, 1.165) is 6.61 Å². The molecule has 1 fully saturated rings. The second-order valence-electron chi connectivity index (χ2n) is 2.72. The lowest BCUT2D eigenvalue weighted by atomic mass is 10.3. The van der Waals surface area contributed by atoms with Crippen molar-refractivity contribution in [1.29, 1.82) is 0 Å².